The van der Waals surface area contributed by atoms with Gasteiger partial charge in [0.15, 0.2) is 0 Å². The minimum absolute atomic E-state index is 0.0624. The monoisotopic (exact) mass is 382 g/mol. The lowest BCUT2D eigenvalue weighted by Crippen LogP contribution is -2.41. The number of rotatable bonds is 8. The summed E-state index contributed by atoms with van der Waals surface area (Å²) >= 11 is 0. The molecule has 0 aliphatic heterocycles. The van der Waals surface area contributed by atoms with Crippen LogP contribution in [0.5, 0.6) is 5.75 Å². The number of nitrogens with zero attached hydrogens (tertiary/aromatic N) is 1. The molecule has 2 unspecified atom stereocenters. The second kappa shape index (κ2) is 8.23. The van der Waals surface area contributed by atoms with Gasteiger partial charge in [-0.15, -0.1) is 0 Å². The highest BCUT2D eigenvalue weighted by atomic mass is 32.2. The van der Waals surface area contributed by atoms with Gasteiger partial charge < -0.3 is 14.9 Å². The Morgan fingerprint density at radius 1 is 1.15 bits per heavy atom. The Balaban J connectivity index is 2.19. The average Bonchev–Trinajstić information content (AvgIpc) is 2.65. The van der Waals surface area contributed by atoms with E-state index >= 15 is 0 Å². The largest absolute Gasteiger partial charge is 0.497 e. The lowest BCUT2D eigenvalue weighted by Gasteiger charge is -2.22. The standard InChI is InChI=1S/C16H18N2O7S/c1-25-13-6-8-14(9-7-13)26(23,24)17-15(10-19)16(20)11-2-4-12(5-3-11)18(21)22/h2-9,15-17,19-20H,10H2,1H3. The van der Waals surface area contributed by atoms with Crippen LogP contribution in [0.1, 0.15) is 11.7 Å². The lowest BCUT2D eigenvalue weighted by atomic mass is 10.0. The third kappa shape index (κ3) is 4.55. The van der Waals surface area contributed by atoms with E-state index in [9.17, 15) is 28.7 Å². The molecule has 0 amide bonds. The Kier molecular flexibility index (Phi) is 6.27. The van der Waals surface area contributed by atoms with E-state index in [0.29, 0.717) is 5.75 Å². The topological polar surface area (TPSA) is 139 Å². The summed E-state index contributed by atoms with van der Waals surface area (Å²) in [5, 5.41) is 30.5. The fourth-order valence-corrected chi connectivity index (χ4v) is 3.48. The van der Waals surface area contributed by atoms with Crippen molar-refractivity contribution in [3.05, 3.63) is 64.2 Å². The van der Waals surface area contributed by atoms with Gasteiger partial charge >= 0.3 is 0 Å². The molecule has 0 aromatic heterocycles. The number of benzene rings is 2. The number of hydrogen-bond acceptors (Lipinski definition) is 7. The summed E-state index contributed by atoms with van der Waals surface area (Å²) in [7, 11) is -2.56. The van der Waals surface area contributed by atoms with Gasteiger partial charge in [-0.05, 0) is 42.0 Å². The van der Waals surface area contributed by atoms with E-state index in [1.165, 1.54) is 55.6 Å². The van der Waals surface area contributed by atoms with E-state index in [0.717, 1.165) is 0 Å². The fraction of sp³-hybridized carbons (Fsp3) is 0.250. The number of sulfonamides is 1. The second-order valence-corrected chi connectivity index (χ2v) is 7.09. The van der Waals surface area contributed by atoms with Crippen molar-refractivity contribution in [2.45, 2.75) is 17.0 Å². The van der Waals surface area contributed by atoms with Crippen LogP contribution in [0.25, 0.3) is 0 Å². The predicted molar refractivity (Wildman–Crippen MR) is 92.2 cm³/mol. The minimum atomic E-state index is -4.00. The van der Waals surface area contributed by atoms with Crippen molar-refractivity contribution in [1.82, 2.24) is 4.72 Å². The molecule has 140 valence electrons. The zero-order valence-electron chi connectivity index (χ0n) is 13.8. The summed E-state index contributed by atoms with van der Waals surface area (Å²) in [5.41, 5.74) is 0.0624. The van der Waals surface area contributed by atoms with Crippen LogP contribution in [0.15, 0.2) is 53.4 Å². The SMILES string of the molecule is COc1ccc(S(=O)(=O)NC(CO)C(O)c2ccc([N+](=O)[O-])cc2)cc1. The van der Waals surface area contributed by atoms with E-state index in [4.69, 9.17) is 4.74 Å². The summed E-state index contributed by atoms with van der Waals surface area (Å²) in [4.78, 5) is 10.0. The van der Waals surface area contributed by atoms with Crippen molar-refractivity contribution >= 4 is 15.7 Å². The van der Waals surface area contributed by atoms with Crippen LogP contribution in [0.3, 0.4) is 0 Å². The molecule has 0 aliphatic rings. The molecule has 0 heterocycles. The summed E-state index contributed by atoms with van der Waals surface area (Å²) in [6.45, 7) is -0.673. The molecular formula is C16H18N2O7S. The fourth-order valence-electron chi connectivity index (χ4n) is 2.25. The van der Waals surface area contributed by atoms with Gasteiger partial charge in [-0.25, -0.2) is 13.1 Å². The number of ether oxygens (including phenoxy) is 1. The first-order chi connectivity index (χ1) is 12.3. The van der Waals surface area contributed by atoms with Crippen LogP contribution in [0.4, 0.5) is 5.69 Å². The van der Waals surface area contributed by atoms with Crippen LogP contribution in [-0.2, 0) is 10.0 Å². The van der Waals surface area contributed by atoms with Crippen LogP contribution in [0.2, 0.25) is 0 Å². The van der Waals surface area contributed by atoms with Crippen LogP contribution in [0, 0.1) is 10.1 Å². The highest BCUT2D eigenvalue weighted by molar-refractivity contribution is 7.89. The van der Waals surface area contributed by atoms with Crippen molar-refractivity contribution in [2.24, 2.45) is 0 Å². The van der Waals surface area contributed by atoms with Gasteiger partial charge in [-0.1, -0.05) is 0 Å². The van der Waals surface area contributed by atoms with Crippen LogP contribution >= 0.6 is 0 Å². The first-order valence-corrected chi connectivity index (χ1v) is 8.96. The number of nitro benzene ring substituents is 1. The van der Waals surface area contributed by atoms with Crippen molar-refractivity contribution < 1.29 is 28.3 Å². The first kappa shape index (κ1) is 19.8. The Morgan fingerprint density at radius 2 is 1.73 bits per heavy atom. The van der Waals surface area contributed by atoms with E-state index in [1.807, 2.05) is 0 Å². The molecule has 26 heavy (non-hydrogen) atoms. The Hall–Kier alpha value is -2.53. The van der Waals surface area contributed by atoms with E-state index in [-0.39, 0.29) is 16.1 Å². The van der Waals surface area contributed by atoms with E-state index in [1.54, 1.807) is 0 Å². The van der Waals surface area contributed by atoms with E-state index < -0.39 is 33.7 Å². The second-order valence-electron chi connectivity index (χ2n) is 5.38. The third-order valence-corrected chi connectivity index (χ3v) is 5.21. The lowest BCUT2D eigenvalue weighted by molar-refractivity contribution is -0.384. The molecule has 0 bridgehead atoms. The van der Waals surface area contributed by atoms with Crippen molar-refractivity contribution in [3.63, 3.8) is 0 Å². The molecule has 2 atom stereocenters. The Morgan fingerprint density at radius 3 is 2.19 bits per heavy atom. The summed E-state index contributed by atoms with van der Waals surface area (Å²) < 4.78 is 32.0. The number of aliphatic hydroxyl groups is 2. The van der Waals surface area contributed by atoms with Crippen LogP contribution in [-0.4, -0.2) is 43.3 Å². The van der Waals surface area contributed by atoms with Gasteiger partial charge in [0.2, 0.25) is 10.0 Å². The van der Waals surface area contributed by atoms with Crippen molar-refractivity contribution in [1.29, 1.82) is 0 Å². The summed E-state index contributed by atoms with van der Waals surface area (Å²) in [6, 6.07) is 9.33. The molecule has 9 nitrogen and oxygen atoms in total. The zero-order chi connectivity index (χ0) is 19.3. The van der Waals surface area contributed by atoms with Gasteiger partial charge in [-0.3, -0.25) is 10.1 Å². The molecule has 0 fully saturated rings. The Labute approximate surface area is 150 Å². The van der Waals surface area contributed by atoms with Gasteiger partial charge in [0.1, 0.15) is 5.75 Å². The quantitative estimate of drug-likeness (QED) is 0.457. The number of non-ortho nitro benzene ring substituents is 1. The molecule has 2 rings (SSSR count). The van der Waals surface area contributed by atoms with Gasteiger partial charge in [0, 0.05) is 12.1 Å². The van der Waals surface area contributed by atoms with Gasteiger partial charge in [0.25, 0.3) is 5.69 Å². The highest BCUT2D eigenvalue weighted by Crippen LogP contribution is 2.22. The average molecular weight is 382 g/mol. The van der Waals surface area contributed by atoms with Crippen molar-refractivity contribution in [3.8, 4) is 5.75 Å². The molecule has 0 saturated heterocycles. The smallest absolute Gasteiger partial charge is 0.269 e. The maximum Gasteiger partial charge on any atom is 0.269 e. The molecule has 0 radical (unpaired) electrons. The van der Waals surface area contributed by atoms with Gasteiger partial charge in [-0.2, -0.15) is 0 Å². The number of methoxy groups -OCH3 is 1. The Bertz CT molecular complexity index is 851. The molecule has 2 aromatic carbocycles. The molecule has 0 saturated carbocycles. The third-order valence-electron chi connectivity index (χ3n) is 3.70. The number of nitro groups is 1. The molecule has 0 aliphatic carbocycles. The predicted octanol–water partition coefficient (Wildman–Crippen LogP) is 0.976. The summed E-state index contributed by atoms with van der Waals surface area (Å²) in [5.74, 6) is 0.480. The van der Waals surface area contributed by atoms with E-state index in [2.05, 4.69) is 4.72 Å². The first-order valence-electron chi connectivity index (χ1n) is 7.48. The van der Waals surface area contributed by atoms with Gasteiger partial charge in [0.05, 0.1) is 35.7 Å². The normalized spacial score (nSPS) is 13.8. The molecule has 2 aromatic rings. The molecular weight excluding hydrogens is 364 g/mol. The molecule has 10 heteroatoms. The molecule has 3 N–H and O–H groups in total. The number of nitrogens with one attached hydrogen (secondary N) is 1. The number of aliphatic hydroxyl groups excluding tert-OH is 2. The highest BCUT2D eigenvalue weighted by Gasteiger charge is 2.27. The zero-order valence-corrected chi connectivity index (χ0v) is 14.6. The number of hydrogen-bond donors (Lipinski definition) is 3. The summed E-state index contributed by atoms with van der Waals surface area (Å²) in [6.07, 6.45) is -1.39. The maximum absolute atomic E-state index is 12.4. The maximum atomic E-state index is 12.4. The minimum Gasteiger partial charge on any atom is -0.497 e. The van der Waals surface area contributed by atoms with Crippen LogP contribution < -0.4 is 9.46 Å². The molecule has 0 spiro atoms. The van der Waals surface area contributed by atoms with Crippen molar-refractivity contribution in [2.75, 3.05) is 13.7 Å².